The molecule has 3 nitrogen and oxygen atoms in total. The molecule has 2 aliphatic rings. The molecule has 3 atom stereocenters. The van der Waals surface area contributed by atoms with Crippen molar-refractivity contribution in [3.8, 4) is 0 Å². The minimum absolute atomic E-state index is 0.223. The van der Waals surface area contributed by atoms with E-state index in [9.17, 15) is 18.0 Å². The van der Waals surface area contributed by atoms with Crippen LogP contribution < -0.4 is 5.73 Å². The third-order valence-corrected chi connectivity index (χ3v) is 4.57. The van der Waals surface area contributed by atoms with Crippen LogP contribution in [0, 0.1) is 11.8 Å². The van der Waals surface area contributed by atoms with Gasteiger partial charge in [0.25, 0.3) is 0 Å². The van der Waals surface area contributed by atoms with Gasteiger partial charge in [-0.2, -0.15) is 13.2 Å². The standard InChI is InChI=1S/C14H23F3N2O/c1-9(10-6-7-10)19(8-14(15,16)17)13(20)11-4-2-3-5-12(11)18/h9-12H,2-8,18H2,1H3. The molecule has 2 rings (SSSR count). The Balaban J connectivity index is 2.09. The third-order valence-electron chi connectivity index (χ3n) is 4.57. The maximum Gasteiger partial charge on any atom is 0.406 e. The summed E-state index contributed by atoms with van der Waals surface area (Å²) in [6.45, 7) is 0.586. The van der Waals surface area contributed by atoms with Crippen molar-refractivity contribution >= 4 is 5.91 Å². The van der Waals surface area contributed by atoms with Crippen LogP contribution >= 0.6 is 0 Å². The Labute approximate surface area is 117 Å². The zero-order valence-corrected chi connectivity index (χ0v) is 11.8. The van der Waals surface area contributed by atoms with Crippen LogP contribution in [0.5, 0.6) is 0 Å². The maximum absolute atomic E-state index is 12.7. The Morgan fingerprint density at radius 3 is 2.35 bits per heavy atom. The van der Waals surface area contributed by atoms with E-state index in [-0.39, 0.29) is 18.0 Å². The van der Waals surface area contributed by atoms with Gasteiger partial charge in [-0.1, -0.05) is 12.8 Å². The first-order chi connectivity index (χ1) is 9.29. The molecule has 0 aliphatic heterocycles. The average Bonchev–Trinajstić information content (AvgIpc) is 3.18. The Morgan fingerprint density at radius 1 is 1.25 bits per heavy atom. The van der Waals surface area contributed by atoms with Crippen LogP contribution in [0.4, 0.5) is 13.2 Å². The number of rotatable bonds is 4. The predicted octanol–water partition coefficient (Wildman–Crippen LogP) is 2.69. The summed E-state index contributed by atoms with van der Waals surface area (Å²) < 4.78 is 38.2. The van der Waals surface area contributed by atoms with Crippen LogP contribution in [-0.2, 0) is 4.79 Å². The zero-order chi connectivity index (χ0) is 14.9. The van der Waals surface area contributed by atoms with E-state index in [2.05, 4.69) is 0 Å². The van der Waals surface area contributed by atoms with Crippen molar-refractivity contribution in [3.63, 3.8) is 0 Å². The van der Waals surface area contributed by atoms with Gasteiger partial charge >= 0.3 is 6.18 Å². The first kappa shape index (κ1) is 15.6. The highest BCUT2D eigenvalue weighted by molar-refractivity contribution is 5.80. The van der Waals surface area contributed by atoms with Crippen LogP contribution in [0.2, 0.25) is 0 Å². The van der Waals surface area contributed by atoms with Crippen LogP contribution in [-0.4, -0.2) is 35.6 Å². The summed E-state index contributed by atoms with van der Waals surface area (Å²) in [5.74, 6) is -0.609. The van der Waals surface area contributed by atoms with E-state index in [1.807, 2.05) is 0 Å². The molecule has 0 aromatic heterocycles. The molecule has 0 aromatic carbocycles. The van der Waals surface area contributed by atoms with Crippen molar-refractivity contribution in [1.29, 1.82) is 0 Å². The third kappa shape index (κ3) is 3.87. The van der Waals surface area contributed by atoms with Gasteiger partial charge in [-0.15, -0.1) is 0 Å². The summed E-state index contributed by atoms with van der Waals surface area (Å²) in [5, 5.41) is 0. The fourth-order valence-corrected chi connectivity index (χ4v) is 3.13. The number of carbonyl (C=O) groups excluding carboxylic acids is 1. The molecule has 2 N–H and O–H groups in total. The van der Waals surface area contributed by atoms with Crippen molar-refractivity contribution in [2.75, 3.05) is 6.54 Å². The predicted molar refractivity (Wildman–Crippen MR) is 69.9 cm³/mol. The van der Waals surface area contributed by atoms with Gasteiger partial charge in [0.1, 0.15) is 6.54 Å². The highest BCUT2D eigenvalue weighted by Crippen LogP contribution is 2.37. The molecular weight excluding hydrogens is 269 g/mol. The quantitative estimate of drug-likeness (QED) is 0.866. The molecule has 3 unspecified atom stereocenters. The molecule has 116 valence electrons. The minimum atomic E-state index is -4.35. The number of nitrogens with two attached hydrogens (primary N) is 1. The normalized spacial score (nSPS) is 29.1. The summed E-state index contributed by atoms with van der Waals surface area (Å²) >= 11 is 0. The summed E-state index contributed by atoms with van der Waals surface area (Å²) in [5.41, 5.74) is 5.94. The summed E-state index contributed by atoms with van der Waals surface area (Å²) in [4.78, 5) is 13.5. The molecule has 1 amide bonds. The first-order valence-corrected chi connectivity index (χ1v) is 7.42. The second kappa shape index (κ2) is 5.92. The van der Waals surface area contributed by atoms with Crippen LogP contribution in [0.15, 0.2) is 0 Å². The molecule has 0 bridgehead atoms. The number of amides is 1. The highest BCUT2D eigenvalue weighted by Gasteiger charge is 2.43. The van der Waals surface area contributed by atoms with Gasteiger partial charge in [0.05, 0.1) is 5.92 Å². The average molecular weight is 292 g/mol. The fourth-order valence-electron chi connectivity index (χ4n) is 3.13. The number of carbonyl (C=O) groups is 1. The number of hydrogen-bond acceptors (Lipinski definition) is 2. The molecule has 2 aliphatic carbocycles. The number of hydrogen-bond donors (Lipinski definition) is 1. The molecule has 0 heterocycles. The second-order valence-corrected chi connectivity index (χ2v) is 6.21. The highest BCUT2D eigenvalue weighted by atomic mass is 19.4. The van der Waals surface area contributed by atoms with E-state index in [1.54, 1.807) is 6.92 Å². The van der Waals surface area contributed by atoms with Crippen molar-refractivity contribution in [1.82, 2.24) is 4.90 Å². The topological polar surface area (TPSA) is 46.3 Å². The lowest BCUT2D eigenvalue weighted by atomic mass is 9.83. The van der Waals surface area contributed by atoms with E-state index in [0.29, 0.717) is 6.42 Å². The van der Waals surface area contributed by atoms with Crippen molar-refractivity contribution < 1.29 is 18.0 Å². The largest absolute Gasteiger partial charge is 0.406 e. The SMILES string of the molecule is CC(C1CC1)N(CC(F)(F)F)C(=O)C1CCCCC1N. The second-order valence-electron chi connectivity index (χ2n) is 6.21. The van der Waals surface area contributed by atoms with E-state index in [4.69, 9.17) is 5.73 Å². The van der Waals surface area contributed by atoms with Gasteiger partial charge in [-0.25, -0.2) is 0 Å². The van der Waals surface area contributed by atoms with Gasteiger partial charge in [0.15, 0.2) is 0 Å². The number of nitrogens with zero attached hydrogens (tertiary/aromatic N) is 1. The fraction of sp³-hybridized carbons (Fsp3) is 0.929. The van der Waals surface area contributed by atoms with E-state index >= 15 is 0 Å². The molecule has 6 heteroatoms. The van der Waals surface area contributed by atoms with Gasteiger partial charge < -0.3 is 10.6 Å². The lowest BCUT2D eigenvalue weighted by molar-refractivity contribution is -0.169. The summed E-state index contributed by atoms with van der Waals surface area (Å²) in [7, 11) is 0. The van der Waals surface area contributed by atoms with E-state index in [1.165, 1.54) is 0 Å². The summed E-state index contributed by atoms with van der Waals surface area (Å²) in [6, 6.07) is -0.628. The molecule has 2 saturated carbocycles. The van der Waals surface area contributed by atoms with Crippen molar-refractivity contribution in [3.05, 3.63) is 0 Å². The van der Waals surface area contributed by atoms with Crippen LogP contribution in [0.1, 0.15) is 45.4 Å². The van der Waals surface area contributed by atoms with Crippen LogP contribution in [0.25, 0.3) is 0 Å². The number of alkyl halides is 3. The van der Waals surface area contributed by atoms with Gasteiger partial charge in [-0.3, -0.25) is 4.79 Å². The summed E-state index contributed by atoms with van der Waals surface area (Å²) in [6.07, 6.45) is 0.667. The lowest BCUT2D eigenvalue weighted by Gasteiger charge is -2.36. The van der Waals surface area contributed by atoms with Gasteiger partial charge in [-0.05, 0) is 38.5 Å². The lowest BCUT2D eigenvalue weighted by Crippen LogP contribution is -2.52. The molecule has 2 fully saturated rings. The molecule has 0 spiro atoms. The Kier molecular flexibility index (Phi) is 4.62. The first-order valence-electron chi connectivity index (χ1n) is 7.42. The molecule has 0 radical (unpaired) electrons. The van der Waals surface area contributed by atoms with Gasteiger partial charge in [0, 0.05) is 12.1 Å². The van der Waals surface area contributed by atoms with Crippen LogP contribution in [0.3, 0.4) is 0 Å². The Hall–Kier alpha value is -0.780. The monoisotopic (exact) mass is 292 g/mol. The van der Waals surface area contributed by atoms with Crippen molar-refractivity contribution in [2.24, 2.45) is 17.6 Å². The zero-order valence-electron chi connectivity index (χ0n) is 11.8. The van der Waals surface area contributed by atoms with Gasteiger partial charge in [0.2, 0.25) is 5.91 Å². The molecule has 20 heavy (non-hydrogen) atoms. The Morgan fingerprint density at radius 2 is 1.85 bits per heavy atom. The van der Waals surface area contributed by atoms with Crippen molar-refractivity contribution in [2.45, 2.75) is 63.7 Å². The van der Waals surface area contributed by atoms with E-state index in [0.717, 1.165) is 37.0 Å². The minimum Gasteiger partial charge on any atom is -0.330 e. The molecule has 0 saturated heterocycles. The molecular formula is C14H23F3N2O. The van der Waals surface area contributed by atoms with E-state index < -0.39 is 24.5 Å². The smallest absolute Gasteiger partial charge is 0.330 e. The Bertz CT molecular complexity index is 355. The number of halogens is 3. The molecule has 0 aromatic rings. The maximum atomic E-state index is 12.7.